The van der Waals surface area contributed by atoms with Gasteiger partial charge in [0.1, 0.15) is 5.75 Å². The molecule has 3 rings (SSSR count). The van der Waals surface area contributed by atoms with Gasteiger partial charge in [0.15, 0.2) is 0 Å². The van der Waals surface area contributed by atoms with Gasteiger partial charge in [-0.15, -0.1) is 5.10 Å². The summed E-state index contributed by atoms with van der Waals surface area (Å²) in [6.07, 6.45) is 2.34. The zero-order valence-corrected chi connectivity index (χ0v) is 10.8. The van der Waals surface area contributed by atoms with Gasteiger partial charge < -0.3 is 19.8 Å². The first-order valence-electron chi connectivity index (χ1n) is 6.30. The molecule has 0 amide bonds. The van der Waals surface area contributed by atoms with Crippen LogP contribution in [0.3, 0.4) is 0 Å². The number of methoxy groups -OCH3 is 1. The Balaban J connectivity index is 1.93. The third kappa shape index (κ3) is 2.21. The third-order valence-electron chi connectivity index (χ3n) is 3.25. The van der Waals surface area contributed by atoms with Crippen molar-refractivity contribution in [2.75, 3.05) is 30.8 Å². The minimum Gasteiger partial charge on any atom is -0.496 e. The molecule has 1 aliphatic heterocycles. The lowest BCUT2D eigenvalue weighted by Crippen LogP contribution is -2.17. The molecular formula is C13H16N4O2. The van der Waals surface area contributed by atoms with E-state index in [0.29, 0.717) is 23.3 Å². The fourth-order valence-electron chi connectivity index (χ4n) is 2.25. The average molecular weight is 260 g/mol. The van der Waals surface area contributed by atoms with Crippen molar-refractivity contribution in [3.8, 4) is 17.2 Å². The van der Waals surface area contributed by atoms with Crippen LogP contribution < -0.4 is 15.4 Å². The molecule has 19 heavy (non-hydrogen) atoms. The first-order chi connectivity index (χ1) is 9.28. The standard InChI is InChI=1S/C13H16N4O2/c1-18-11-8-9(14)4-5-10(11)12-15-16-13(19-12)17-6-2-3-7-17/h4-5,8H,2-3,6-7,14H2,1H3. The molecule has 2 aromatic rings. The number of anilines is 2. The van der Waals surface area contributed by atoms with Crippen LogP contribution in [0.4, 0.5) is 11.7 Å². The molecule has 2 N–H and O–H groups in total. The number of nitrogen functional groups attached to an aromatic ring is 1. The molecular weight excluding hydrogens is 244 g/mol. The molecule has 6 nitrogen and oxygen atoms in total. The number of benzene rings is 1. The maximum Gasteiger partial charge on any atom is 0.318 e. The second-order valence-electron chi connectivity index (χ2n) is 4.54. The molecule has 0 saturated carbocycles. The summed E-state index contributed by atoms with van der Waals surface area (Å²) < 4.78 is 11.0. The minimum absolute atomic E-state index is 0.457. The second-order valence-corrected chi connectivity index (χ2v) is 4.54. The Labute approximate surface area is 111 Å². The van der Waals surface area contributed by atoms with Crippen molar-refractivity contribution in [2.24, 2.45) is 0 Å². The Kier molecular flexibility index (Phi) is 2.98. The van der Waals surface area contributed by atoms with E-state index in [9.17, 15) is 0 Å². The predicted octanol–water partition coefficient (Wildman–Crippen LogP) is 1.93. The number of ether oxygens (including phenoxy) is 1. The number of hydrogen-bond donors (Lipinski definition) is 1. The summed E-state index contributed by atoms with van der Waals surface area (Å²) >= 11 is 0. The molecule has 6 heteroatoms. The van der Waals surface area contributed by atoms with Gasteiger partial charge in [-0.25, -0.2) is 0 Å². The zero-order valence-electron chi connectivity index (χ0n) is 10.8. The largest absolute Gasteiger partial charge is 0.496 e. The Morgan fingerprint density at radius 1 is 1.26 bits per heavy atom. The monoisotopic (exact) mass is 260 g/mol. The summed E-state index contributed by atoms with van der Waals surface area (Å²) in [6, 6.07) is 5.94. The minimum atomic E-state index is 0.457. The highest BCUT2D eigenvalue weighted by Gasteiger charge is 2.20. The van der Waals surface area contributed by atoms with E-state index in [1.807, 2.05) is 6.07 Å². The molecule has 0 aliphatic carbocycles. The summed E-state index contributed by atoms with van der Waals surface area (Å²) in [5, 5.41) is 8.19. The highest BCUT2D eigenvalue weighted by molar-refractivity contribution is 5.67. The third-order valence-corrected chi connectivity index (χ3v) is 3.25. The molecule has 1 aromatic heterocycles. The first-order valence-corrected chi connectivity index (χ1v) is 6.30. The lowest BCUT2D eigenvalue weighted by molar-refractivity contribution is 0.414. The van der Waals surface area contributed by atoms with Crippen LogP contribution in [0.1, 0.15) is 12.8 Å². The fourth-order valence-corrected chi connectivity index (χ4v) is 2.25. The fraction of sp³-hybridized carbons (Fsp3) is 0.385. The van der Waals surface area contributed by atoms with Gasteiger partial charge in [-0.2, -0.15) is 0 Å². The van der Waals surface area contributed by atoms with Gasteiger partial charge in [0.05, 0.1) is 12.7 Å². The van der Waals surface area contributed by atoms with Crippen LogP contribution >= 0.6 is 0 Å². The van der Waals surface area contributed by atoms with Crippen molar-refractivity contribution in [3.05, 3.63) is 18.2 Å². The van der Waals surface area contributed by atoms with Gasteiger partial charge in [-0.1, -0.05) is 5.10 Å². The van der Waals surface area contributed by atoms with E-state index in [1.165, 1.54) is 12.8 Å². The maximum absolute atomic E-state index is 5.73. The maximum atomic E-state index is 5.73. The Hall–Kier alpha value is -2.24. The number of rotatable bonds is 3. The zero-order chi connectivity index (χ0) is 13.2. The highest BCUT2D eigenvalue weighted by atomic mass is 16.5. The van der Waals surface area contributed by atoms with Crippen molar-refractivity contribution in [2.45, 2.75) is 12.8 Å². The average Bonchev–Trinajstić information content (AvgIpc) is 3.09. The molecule has 0 unspecified atom stereocenters. The van der Waals surface area contributed by atoms with E-state index in [1.54, 1.807) is 19.2 Å². The van der Waals surface area contributed by atoms with Crippen molar-refractivity contribution < 1.29 is 9.15 Å². The van der Waals surface area contributed by atoms with Crippen LogP contribution in [-0.4, -0.2) is 30.4 Å². The molecule has 1 aliphatic rings. The quantitative estimate of drug-likeness (QED) is 0.850. The van der Waals surface area contributed by atoms with E-state index in [4.69, 9.17) is 14.9 Å². The molecule has 2 heterocycles. The summed E-state index contributed by atoms with van der Waals surface area (Å²) in [7, 11) is 1.59. The Bertz CT molecular complexity index is 576. The highest BCUT2D eigenvalue weighted by Crippen LogP contribution is 2.32. The molecule has 1 aromatic carbocycles. The predicted molar refractivity (Wildman–Crippen MR) is 72.1 cm³/mol. The molecule has 0 atom stereocenters. The smallest absolute Gasteiger partial charge is 0.318 e. The summed E-state index contributed by atoms with van der Waals surface area (Å²) in [4.78, 5) is 2.10. The van der Waals surface area contributed by atoms with E-state index in [-0.39, 0.29) is 0 Å². The van der Waals surface area contributed by atoms with E-state index in [0.717, 1.165) is 18.7 Å². The Morgan fingerprint density at radius 2 is 2.05 bits per heavy atom. The van der Waals surface area contributed by atoms with Crippen molar-refractivity contribution in [1.29, 1.82) is 0 Å². The summed E-state index contributed by atoms with van der Waals surface area (Å²) in [6.45, 7) is 1.95. The molecule has 100 valence electrons. The molecule has 0 radical (unpaired) electrons. The van der Waals surface area contributed by atoms with E-state index in [2.05, 4.69) is 15.1 Å². The van der Waals surface area contributed by atoms with Gasteiger partial charge >= 0.3 is 6.01 Å². The van der Waals surface area contributed by atoms with Gasteiger partial charge in [0, 0.05) is 24.8 Å². The molecule has 0 spiro atoms. The topological polar surface area (TPSA) is 77.4 Å². The molecule has 1 fully saturated rings. The van der Waals surface area contributed by atoms with Gasteiger partial charge in [0.2, 0.25) is 0 Å². The van der Waals surface area contributed by atoms with Crippen LogP contribution in [0.5, 0.6) is 5.75 Å². The number of aromatic nitrogens is 2. The van der Waals surface area contributed by atoms with Crippen molar-refractivity contribution in [3.63, 3.8) is 0 Å². The SMILES string of the molecule is COc1cc(N)ccc1-c1nnc(N2CCCC2)o1. The van der Waals surface area contributed by atoms with Crippen LogP contribution in [0.15, 0.2) is 22.6 Å². The van der Waals surface area contributed by atoms with E-state index >= 15 is 0 Å². The van der Waals surface area contributed by atoms with Crippen LogP contribution in [0.25, 0.3) is 11.5 Å². The van der Waals surface area contributed by atoms with Gasteiger partial charge in [-0.3, -0.25) is 0 Å². The second kappa shape index (κ2) is 4.79. The number of nitrogens with two attached hydrogens (primary N) is 1. The van der Waals surface area contributed by atoms with Gasteiger partial charge in [-0.05, 0) is 25.0 Å². The van der Waals surface area contributed by atoms with Crippen LogP contribution in [0.2, 0.25) is 0 Å². The molecule has 0 bridgehead atoms. The number of hydrogen-bond acceptors (Lipinski definition) is 6. The van der Waals surface area contributed by atoms with Crippen molar-refractivity contribution >= 4 is 11.7 Å². The van der Waals surface area contributed by atoms with E-state index < -0.39 is 0 Å². The van der Waals surface area contributed by atoms with Crippen LogP contribution in [0, 0.1) is 0 Å². The lowest BCUT2D eigenvalue weighted by Gasteiger charge is -2.10. The van der Waals surface area contributed by atoms with Gasteiger partial charge in [0.25, 0.3) is 5.89 Å². The first kappa shape index (κ1) is 11.8. The summed E-state index contributed by atoms with van der Waals surface area (Å²) in [5.74, 6) is 1.09. The normalized spacial score (nSPS) is 14.9. The number of nitrogens with zero attached hydrogens (tertiary/aromatic N) is 3. The lowest BCUT2D eigenvalue weighted by atomic mass is 10.2. The molecule has 1 saturated heterocycles. The van der Waals surface area contributed by atoms with Crippen LogP contribution in [-0.2, 0) is 0 Å². The summed E-state index contributed by atoms with van der Waals surface area (Å²) in [5.41, 5.74) is 7.13. The van der Waals surface area contributed by atoms with Crippen molar-refractivity contribution in [1.82, 2.24) is 10.2 Å². The Morgan fingerprint density at radius 3 is 2.79 bits per heavy atom.